The molecule has 0 N–H and O–H groups in total. The summed E-state index contributed by atoms with van der Waals surface area (Å²) < 4.78 is 4.64. The van der Waals surface area contributed by atoms with E-state index in [1.54, 1.807) is 6.33 Å². The maximum atomic E-state index is 4.85. The molecule has 0 unspecified atom stereocenters. The number of aromatic nitrogens is 4. The van der Waals surface area contributed by atoms with Crippen LogP contribution in [0.25, 0.3) is 87.9 Å². The summed E-state index contributed by atoms with van der Waals surface area (Å²) in [6.45, 7) is 0. The first kappa shape index (κ1) is 25.1. The van der Waals surface area contributed by atoms with E-state index in [4.69, 9.17) is 9.97 Å². The van der Waals surface area contributed by atoms with Gasteiger partial charge in [-0.1, -0.05) is 103 Å². The number of fused-ring (bicyclic) bond motifs is 9. The van der Waals surface area contributed by atoms with Crippen molar-refractivity contribution in [3.63, 3.8) is 0 Å². The van der Waals surface area contributed by atoms with Crippen molar-refractivity contribution < 1.29 is 0 Å². The van der Waals surface area contributed by atoms with E-state index in [2.05, 4.69) is 161 Å². The van der Waals surface area contributed by atoms with E-state index >= 15 is 0 Å². The molecule has 0 spiro atoms. The van der Waals surface area contributed by atoms with E-state index < -0.39 is 0 Å². The molecular formula is C42H26N4. The molecule has 0 saturated heterocycles. The van der Waals surface area contributed by atoms with Crippen LogP contribution in [0.3, 0.4) is 0 Å². The van der Waals surface area contributed by atoms with E-state index in [1.165, 1.54) is 43.7 Å². The average molecular weight is 587 g/mol. The molecule has 10 aromatic rings. The highest BCUT2D eigenvalue weighted by Crippen LogP contribution is 2.37. The lowest BCUT2D eigenvalue weighted by molar-refractivity contribution is 1.07. The van der Waals surface area contributed by atoms with Gasteiger partial charge in [-0.25, -0.2) is 9.97 Å². The molecular weight excluding hydrogens is 560 g/mol. The SMILES string of the molecule is c1cc(-c2ccc3c(ccc4c(-n5c6ccccc6c6ccccc65)ncnc43)c2)cc(-n2c3ccccc3c3ccccc32)c1. The molecule has 46 heavy (non-hydrogen) atoms. The minimum absolute atomic E-state index is 0.896. The van der Waals surface area contributed by atoms with Gasteiger partial charge in [0.25, 0.3) is 0 Å². The molecule has 4 heteroatoms. The molecule has 0 bridgehead atoms. The Kier molecular flexibility index (Phi) is 5.25. The van der Waals surface area contributed by atoms with E-state index in [0.717, 1.165) is 44.2 Å². The van der Waals surface area contributed by atoms with Crippen LogP contribution in [-0.2, 0) is 0 Å². The Balaban J connectivity index is 1.13. The molecule has 4 nitrogen and oxygen atoms in total. The molecule has 10 rings (SSSR count). The first-order valence-corrected chi connectivity index (χ1v) is 15.6. The van der Waals surface area contributed by atoms with Gasteiger partial charge in [-0.2, -0.15) is 0 Å². The minimum atomic E-state index is 0.896. The van der Waals surface area contributed by atoms with E-state index in [9.17, 15) is 0 Å². The van der Waals surface area contributed by atoms with Gasteiger partial charge in [0.15, 0.2) is 0 Å². The summed E-state index contributed by atoms with van der Waals surface area (Å²) in [5, 5.41) is 8.27. The van der Waals surface area contributed by atoms with E-state index in [1.807, 2.05) is 0 Å². The highest BCUT2D eigenvalue weighted by molar-refractivity contribution is 6.13. The molecule has 214 valence electrons. The summed E-state index contributed by atoms with van der Waals surface area (Å²) in [5.74, 6) is 0.896. The summed E-state index contributed by atoms with van der Waals surface area (Å²) in [5.41, 5.74) is 9.16. The Morgan fingerprint density at radius 1 is 0.370 bits per heavy atom. The van der Waals surface area contributed by atoms with E-state index in [-0.39, 0.29) is 0 Å². The molecule has 3 heterocycles. The van der Waals surface area contributed by atoms with Crippen LogP contribution in [0.1, 0.15) is 0 Å². The number of para-hydroxylation sites is 4. The van der Waals surface area contributed by atoms with Gasteiger partial charge < -0.3 is 4.57 Å². The molecule has 3 aromatic heterocycles. The number of nitrogens with zero attached hydrogens (tertiary/aromatic N) is 4. The van der Waals surface area contributed by atoms with Gasteiger partial charge in [0, 0.05) is 38.0 Å². The zero-order valence-electron chi connectivity index (χ0n) is 24.8. The van der Waals surface area contributed by atoms with Crippen molar-refractivity contribution in [3.8, 4) is 22.6 Å². The highest BCUT2D eigenvalue weighted by Gasteiger charge is 2.17. The standard InChI is InChI=1S/C42H26N4/c1-5-16-37-32(12-1)33-13-2-6-17-38(33)45(37)30-11-9-10-27(25-30)28-20-22-31-29(24-28)21-23-36-41(31)43-26-44-42(36)46-39-18-7-3-14-34(39)35-15-4-8-19-40(35)46/h1-26H. The first-order chi connectivity index (χ1) is 22.8. The van der Waals surface area contributed by atoms with Crippen molar-refractivity contribution in [2.45, 2.75) is 0 Å². The minimum Gasteiger partial charge on any atom is -0.309 e. The second-order valence-electron chi connectivity index (χ2n) is 11.9. The Hall–Kier alpha value is -6.26. The number of hydrogen-bond donors (Lipinski definition) is 0. The summed E-state index contributed by atoms with van der Waals surface area (Å²) in [7, 11) is 0. The van der Waals surface area contributed by atoms with Crippen LogP contribution in [0.4, 0.5) is 0 Å². The highest BCUT2D eigenvalue weighted by atomic mass is 15.1. The fourth-order valence-corrected chi connectivity index (χ4v) is 7.38. The maximum Gasteiger partial charge on any atom is 0.148 e. The fraction of sp³-hybridized carbons (Fsp3) is 0. The van der Waals surface area contributed by atoms with Gasteiger partial charge in [0.1, 0.15) is 12.1 Å². The van der Waals surface area contributed by atoms with Crippen LogP contribution in [0.15, 0.2) is 158 Å². The van der Waals surface area contributed by atoms with Crippen molar-refractivity contribution in [2.24, 2.45) is 0 Å². The topological polar surface area (TPSA) is 35.6 Å². The first-order valence-electron chi connectivity index (χ1n) is 15.6. The van der Waals surface area contributed by atoms with Crippen molar-refractivity contribution in [1.29, 1.82) is 0 Å². The van der Waals surface area contributed by atoms with E-state index in [0.29, 0.717) is 0 Å². The third kappa shape index (κ3) is 3.55. The Bertz CT molecular complexity index is 2710. The lowest BCUT2D eigenvalue weighted by Gasteiger charge is -2.13. The Labute approximate surface area is 264 Å². The molecule has 0 aliphatic heterocycles. The van der Waals surface area contributed by atoms with Gasteiger partial charge in [0.2, 0.25) is 0 Å². The smallest absolute Gasteiger partial charge is 0.148 e. The second kappa shape index (κ2) is 9.62. The van der Waals surface area contributed by atoms with Gasteiger partial charge >= 0.3 is 0 Å². The summed E-state index contributed by atoms with van der Waals surface area (Å²) >= 11 is 0. The van der Waals surface area contributed by atoms with Crippen molar-refractivity contribution in [2.75, 3.05) is 0 Å². The van der Waals surface area contributed by atoms with Crippen molar-refractivity contribution in [3.05, 3.63) is 158 Å². The maximum absolute atomic E-state index is 4.85. The number of rotatable bonds is 3. The van der Waals surface area contributed by atoms with Gasteiger partial charge in [-0.05, 0) is 65.0 Å². The third-order valence-corrected chi connectivity index (χ3v) is 9.41. The van der Waals surface area contributed by atoms with Gasteiger partial charge in [0.05, 0.1) is 27.6 Å². The fourth-order valence-electron chi connectivity index (χ4n) is 7.38. The van der Waals surface area contributed by atoms with Crippen LogP contribution < -0.4 is 0 Å². The van der Waals surface area contributed by atoms with Gasteiger partial charge in [-0.3, -0.25) is 4.57 Å². The molecule has 0 aliphatic rings. The van der Waals surface area contributed by atoms with Crippen molar-refractivity contribution >= 4 is 65.3 Å². The summed E-state index contributed by atoms with van der Waals surface area (Å²) in [6, 6.07) is 54.3. The number of hydrogen-bond acceptors (Lipinski definition) is 2. The molecule has 0 radical (unpaired) electrons. The quantitative estimate of drug-likeness (QED) is 0.193. The molecule has 7 aromatic carbocycles. The Morgan fingerprint density at radius 3 is 1.54 bits per heavy atom. The Morgan fingerprint density at radius 2 is 0.913 bits per heavy atom. The zero-order valence-corrected chi connectivity index (χ0v) is 24.8. The number of benzene rings is 7. The molecule has 0 saturated carbocycles. The molecule has 0 fully saturated rings. The van der Waals surface area contributed by atoms with Crippen LogP contribution in [-0.4, -0.2) is 19.1 Å². The van der Waals surface area contributed by atoms with Gasteiger partial charge in [-0.15, -0.1) is 0 Å². The second-order valence-corrected chi connectivity index (χ2v) is 11.9. The zero-order chi connectivity index (χ0) is 30.2. The lowest BCUT2D eigenvalue weighted by atomic mass is 9.99. The summed E-state index contributed by atoms with van der Waals surface area (Å²) in [6.07, 6.45) is 1.70. The van der Waals surface area contributed by atoms with Crippen LogP contribution in [0.5, 0.6) is 0 Å². The molecule has 0 amide bonds. The monoisotopic (exact) mass is 586 g/mol. The molecule has 0 atom stereocenters. The predicted octanol–water partition coefficient (Wildman–Crippen LogP) is 10.6. The lowest BCUT2D eigenvalue weighted by Crippen LogP contribution is -2.00. The normalized spacial score (nSPS) is 11.9. The van der Waals surface area contributed by atoms with Crippen LogP contribution >= 0.6 is 0 Å². The van der Waals surface area contributed by atoms with Crippen molar-refractivity contribution in [1.82, 2.24) is 19.1 Å². The largest absolute Gasteiger partial charge is 0.309 e. The molecule has 0 aliphatic carbocycles. The predicted molar refractivity (Wildman–Crippen MR) is 191 cm³/mol. The van der Waals surface area contributed by atoms with Crippen LogP contribution in [0, 0.1) is 0 Å². The third-order valence-electron chi connectivity index (χ3n) is 9.41. The van der Waals surface area contributed by atoms with Crippen LogP contribution in [0.2, 0.25) is 0 Å². The average Bonchev–Trinajstić information content (AvgIpc) is 3.64. The summed E-state index contributed by atoms with van der Waals surface area (Å²) in [4.78, 5) is 9.67.